The number of rotatable bonds is 9. The summed E-state index contributed by atoms with van der Waals surface area (Å²) in [7, 11) is 0. The topological polar surface area (TPSA) is 79.9 Å². The molecule has 0 radical (unpaired) electrons. The Labute approximate surface area is 210 Å². The zero-order chi connectivity index (χ0) is 24.8. The van der Waals surface area contributed by atoms with E-state index in [2.05, 4.69) is 15.1 Å². The summed E-state index contributed by atoms with van der Waals surface area (Å²) in [4.78, 5) is 17.4. The third-order valence-electron chi connectivity index (χ3n) is 5.77. The highest BCUT2D eigenvalue weighted by atomic mass is 35.5. The Bertz CT molecular complexity index is 1110. The normalized spacial score (nSPS) is 13.6. The van der Waals surface area contributed by atoms with Crippen molar-refractivity contribution >= 4 is 23.3 Å². The Kier molecular flexibility index (Phi) is 8.02. The van der Waals surface area contributed by atoms with E-state index in [-0.39, 0.29) is 5.91 Å². The first-order valence-electron chi connectivity index (χ1n) is 12.0. The summed E-state index contributed by atoms with van der Waals surface area (Å²) in [6.45, 7) is 9.65. The molecule has 1 aliphatic rings. The van der Waals surface area contributed by atoms with E-state index in [9.17, 15) is 4.79 Å². The lowest BCUT2D eigenvalue weighted by Gasteiger charge is -2.35. The summed E-state index contributed by atoms with van der Waals surface area (Å²) < 4.78 is 17.3. The number of carbonyl (C=O) groups is 1. The van der Waals surface area contributed by atoms with Crippen molar-refractivity contribution in [3.8, 4) is 28.5 Å². The maximum absolute atomic E-state index is 13.4. The third kappa shape index (κ3) is 5.65. The first-order chi connectivity index (χ1) is 17.0. The monoisotopic (exact) mass is 498 g/mol. The van der Waals surface area contributed by atoms with Crippen molar-refractivity contribution < 1.29 is 19.0 Å². The number of aromatic nitrogens is 2. The minimum absolute atomic E-state index is 0.0570. The van der Waals surface area contributed by atoms with E-state index in [4.69, 9.17) is 25.8 Å². The van der Waals surface area contributed by atoms with Crippen LogP contribution in [0.15, 0.2) is 42.5 Å². The molecule has 4 rings (SSSR count). The Morgan fingerprint density at radius 3 is 2.09 bits per heavy atom. The summed E-state index contributed by atoms with van der Waals surface area (Å²) in [5.41, 5.74) is 2.47. The molecule has 0 unspecified atom stereocenters. The minimum Gasteiger partial charge on any atom is -0.490 e. The molecular weight excluding hydrogens is 468 g/mol. The number of nitrogens with zero attached hydrogens (tertiary/aromatic N) is 3. The van der Waals surface area contributed by atoms with Gasteiger partial charge in [0.1, 0.15) is 0 Å². The Hall–Kier alpha value is -3.39. The van der Waals surface area contributed by atoms with Crippen molar-refractivity contribution in [2.75, 3.05) is 50.9 Å². The molecule has 1 N–H and O–H groups in total. The van der Waals surface area contributed by atoms with Crippen molar-refractivity contribution in [2.45, 2.75) is 20.8 Å². The average Bonchev–Trinajstić information content (AvgIpc) is 3.36. The van der Waals surface area contributed by atoms with Gasteiger partial charge in [0.25, 0.3) is 5.91 Å². The number of aromatic amines is 1. The molecular formula is C26H31ClN4O4. The van der Waals surface area contributed by atoms with Crippen LogP contribution in [-0.2, 0) is 0 Å². The molecule has 0 bridgehead atoms. The molecule has 1 amide bonds. The highest BCUT2D eigenvalue weighted by molar-refractivity contribution is 6.30. The van der Waals surface area contributed by atoms with Gasteiger partial charge in [0, 0.05) is 42.8 Å². The van der Waals surface area contributed by atoms with Crippen molar-refractivity contribution in [3.05, 3.63) is 53.1 Å². The summed E-state index contributed by atoms with van der Waals surface area (Å²) in [5, 5.41) is 8.27. The van der Waals surface area contributed by atoms with E-state index in [0.29, 0.717) is 73.8 Å². The fourth-order valence-corrected chi connectivity index (χ4v) is 4.21. The van der Waals surface area contributed by atoms with Gasteiger partial charge in [-0.1, -0.05) is 23.7 Å². The van der Waals surface area contributed by atoms with Crippen LogP contribution in [0.4, 0.5) is 5.82 Å². The number of hydrogen-bond acceptors (Lipinski definition) is 6. The summed E-state index contributed by atoms with van der Waals surface area (Å²) in [6, 6.07) is 13.2. The van der Waals surface area contributed by atoms with Crippen LogP contribution < -0.4 is 19.1 Å². The van der Waals surface area contributed by atoms with Crippen LogP contribution in [0.3, 0.4) is 0 Å². The number of piperazine rings is 1. The molecule has 0 aliphatic carbocycles. The van der Waals surface area contributed by atoms with Gasteiger partial charge in [0.05, 0.1) is 25.5 Å². The molecule has 0 atom stereocenters. The SMILES string of the molecule is CCOc1cc(C(=O)N2CCN(c3cc(-c4ccc(Cl)cc4)[nH]n3)CC2)cc(OCC)c1OCC. The quantitative estimate of drug-likeness (QED) is 0.452. The van der Waals surface area contributed by atoms with Crippen molar-refractivity contribution in [1.82, 2.24) is 15.1 Å². The number of anilines is 1. The maximum Gasteiger partial charge on any atom is 0.254 e. The smallest absolute Gasteiger partial charge is 0.254 e. The number of amides is 1. The molecule has 0 saturated carbocycles. The zero-order valence-corrected chi connectivity index (χ0v) is 21.1. The standard InChI is InChI=1S/C26H31ClN4O4/c1-4-33-22-15-19(16-23(34-5-2)25(22)35-6-3)26(32)31-13-11-30(12-14-31)24-17-21(28-29-24)18-7-9-20(27)10-8-18/h7-10,15-17H,4-6,11-14H2,1-3H3,(H,28,29). The first-order valence-corrected chi connectivity index (χ1v) is 12.3. The summed E-state index contributed by atoms with van der Waals surface area (Å²) >= 11 is 5.99. The number of nitrogens with one attached hydrogen (secondary N) is 1. The Morgan fingerprint density at radius 2 is 1.51 bits per heavy atom. The molecule has 9 heteroatoms. The molecule has 2 aromatic carbocycles. The highest BCUT2D eigenvalue weighted by Gasteiger charge is 2.26. The van der Waals surface area contributed by atoms with E-state index >= 15 is 0 Å². The van der Waals surface area contributed by atoms with Crippen LogP contribution >= 0.6 is 11.6 Å². The van der Waals surface area contributed by atoms with Gasteiger partial charge in [-0.2, -0.15) is 5.10 Å². The molecule has 8 nitrogen and oxygen atoms in total. The van der Waals surface area contributed by atoms with Gasteiger partial charge < -0.3 is 24.0 Å². The zero-order valence-electron chi connectivity index (χ0n) is 20.3. The lowest BCUT2D eigenvalue weighted by molar-refractivity contribution is 0.0745. The molecule has 35 heavy (non-hydrogen) atoms. The fraction of sp³-hybridized carbons (Fsp3) is 0.385. The Morgan fingerprint density at radius 1 is 0.914 bits per heavy atom. The molecule has 1 aliphatic heterocycles. The first kappa shape index (κ1) is 24.7. The summed E-state index contributed by atoms with van der Waals surface area (Å²) in [5.74, 6) is 2.38. The molecule has 1 aromatic heterocycles. The second-order valence-electron chi connectivity index (χ2n) is 8.03. The van der Waals surface area contributed by atoms with Gasteiger partial charge in [-0.15, -0.1) is 0 Å². The van der Waals surface area contributed by atoms with Crippen LogP contribution in [0.1, 0.15) is 31.1 Å². The van der Waals surface area contributed by atoms with Gasteiger partial charge in [0.2, 0.25) is 5.75 Å². The minimum atomic E-state index is -0.0570. The van der Waals surface area contributed by atoms with Crippen LogP contribution in [0.5, 0.6) is 17.2 Å². The van der Waals surface area contributed by atoms with E-state index in [1.807, 2.05) is 56.0 Å². The lowest BCUT2D eigenvalue weighted by atomic mass is 10.1. The number of benzene rings is 2. The van der Waals surface area contributed by atoms with Crippen molar-refractivity contribution in [3.63, 3.8) is 0 Å². The number of halogens is 1. The summed E-state index contributed by atoms with van der Waals surface area (Å²) in [6.07, 6.45) is 0. The molecule has 2 heterocycles. The molecule has 186 valence electrons. The second-order valence-corrected chi connectivity index (χ2v) is 8.46. The molecule has 0 spiro atoms. The Balaban J connectivity index is 1.46. The van der Waals surface area contributed by atoms with Crippen LogP contribution in [0.25, 0.3) is 11.3 Å². The van der Waals surface area contributed by atoms with Gasteiger partial charge in [-0.05, 0) is 50.6 Å². The van der Waals surface area contributed by atoms with Gasteiger partial charge in [0.15, 0.2) is 17.3 Å². The van der Waals surface area contributed by atoms with Crippen molar-refractivity contribution in [1.29, 1.82) is 0 Å². The van der Waals surface area contributed by atoms with Gasteiger partial charge in [-0.25, -0.2) is 0 Å². The van der Waals surface area contributed by atoms with Crippen LogP contribution in [-0.4, -0.2) is 67.0 Å². The van der Waals surface area contributed by atoms with Gasteiger partial charge in [-0.3, -0.25) is 9.89 Å². The molecule has 1 fully saturated rings. The van der Waals surface area contributed by atoms with Crippen LogP contribution in [0.2, 0.25) is 5.02 Å². The predicted octanol–water partition coefficient (Wildman–Crippen LogP) is 4.89. The third-order valence-corrected chi connectivity index (χ3v) is 6.02. The average molecular weight is 499 g/mol. The fourth-order valence-electron chi connectivity index (χ4n) is 4.08. The second kappa shape index (κ2) is 11.4. The van der Waals surface area contributed by atoms with E-state index < -0.39 is 0 Å². The molecule has 3 aromatic rings. The number of H-pyrrole nitrogens is 1. The highest BCUT2D eigenvalue weighted by Crippen LogP contribution is 2.39. The maximum atomic E-state index is 13.4. The van der Waals surface area contributed by atoms with E-state index in [0.717, 1.165) is 17.1 Å². The largest absolute Gasteiger partial charge is 0.490 e. The number of ether oxygens (including phenoxy) is 3. The molecule has 1 saturated heterocycles. The number of hydrogen-bond donors (Lipinski definition) is 1. The van der Waals surface area contributed by atoms with Gasteiger partial charge >= 0.3 is 0 Å². The van der Waals surface area contributed by atoms with E-state index in [1.54, 1.807) is 12.1 Å². The lowest BCUT2D eigenvalue weighted by Crippen LogP contribution is -2.49. The van der Waals surface area contributed by atoms with E-state index in [1.165, 1.54) is 0 Å². The predicted molar refractivity (Wildman–Crippen MR) is 137 cm³/mol. The van der Waals surface area contributed by atoms with Crippen molar-refractivity contribution in [2.24, 2.45) is 0 Å². The van der Waals surface area contributed by atoms with Crippen LogP contribution in [0, 0.1) is 0 Å². The number of carbonyl (C=O) groups excluding carboxylic acids is 1.